The van der Waals surface area contributed by atoms with Crippen molar-refractivity contribution >= 4 is 11.8 Å². The summed E-state index contributed by atoms with van der Waals surface area (Å²) in [5, 5.41) is 20.2. The van der Waals surface area contributed by atoms with E-state index < -0.39 is 5.97 Å². The van der Waals surface area contributed by atoms with Crippen molar-refractivity contribution in [1.82, 2.24) is 4.57 Å². The molecule has 1 heterocycles. The molecule has 1 rings (SSSR count). The number of carbonyl (C=O) groups is 1. The van der Waals surface area contributed by atoms with E-state index in [-0.39, 0.29) is 18.0 Å². The fraction of sp³-hybridized carbons (Fsp3) is 0.333. The Bertz CT molecular complexity index is 420. The van der Waals surface area contributed by atoms with E-state index in [0.717, 1.165) is 0 Å². The summed E-state index contributed by atoms with van der Waals surface area (Å²) < 4.78 is 1.52. The number of aromatic nitrogens is 1. The highest BCUT2D eigenvalue weighted by Crippen LogP contribution is 2.14. The topological polar surface area (TPSA) is 101 Å². The van der Waals surface area contributed by atoms with E-state index in [1.54, 1.807) is 20.0 Å². The van der Waals surface area contributed by atoms with Gasteiger partial charge in [0, 0.05) is 19.2 Å². The maximum Gasteiger partial charge on any atom is 0.352 e. The van der Waals surface area contributed by atoms with Crippen molar-refractivity contribution in [3.63, 3.8) is 0 Å². The van der Waals surface area contributed by atoms with Crippen molar-refractivity contribution in [3.05, 3.63) is 23.0 Å². The van der Waals surface area contributed by atoms with Crippen molar-refractivity contribution in [2.24, 2.45) is 17.9 Å². The molecule has 0 saturated carbocycles. The molecule has 0 aliphatic rings. The predicted octanol–water partition coefficient (Wildman–Crippen LogP) is 0.321. The van der Waals surface area contributed by atoms with Gasteiger partial charge in [0.2, 0.25) is 0 Å². The molecule has 1 aromatic heterocycles. The lowest BCUT2D eigenvalue weighted by atomic mass is 10.2. The zero-order valence-corrected chi connectivity index (χ0v) is 8.56. The molecule has 0 amide bonds. The van der Waals surface area contributed by atoms with Crippen LogP contribution in [0.5, 0.6) is 0 Å². The maximum atomic E-state index is 10.9. The highest BCUT2D eigenvalue weighted by Gasteiger charge is 2.15. The normalized spacial score (nSPS) is 11.7. The van der Waals surface area contributed by atoms with Gasteiger partial charge in [0.05, 0.1) is 0 Å². The first kappa shape index (κ1) is 11.1. The lowest BCUT2D eigenvalue weighted by molar-refractivity contribution is 0.0685. The molecule has 0 saturated heterocycles. The molecule has 4 N–H and O–H groups in total. The van der Waals surface area contributed by atoms with Gasteiger partial charge in [-0.2, -0.15) is 0 Å². The molecule has 1 aromatic rings. The van der Waals surface area contributed by atoms with Gasteiger partial charge < -0.3 is 20.6 Å². The molecule has 0 bridgehead atoms. The molecule has 6 nitrogen and oxygen atoms in total. The zero-order valence-electron chi connectivity index (χ0n) is 8.56. The third-order valence-electron chi connectivity index (χ3n) is 2.22. The minimum Gasteiger partial charge on any atom is -0.477 e. The van der Waals surface area contributed by atoms with Crippen LogP contribution >= 0.6 is 0 Å². The lowest BCUT2D eigenvalue weighted by Crippen LogP contribution is -2.17. The summed E-state index contributed by atoms with van der Waals surface area (Å²) in [6, 6.07) is 1.71. The summed E-state index contributed by atoms with van der Waals surface area (Å²) in [5.74, 6) is -0.937. The van der Waals surface area contributed by atoms with Crippen LogP contribution in [0.1, 0.15) is 21.7 Å². The standard InChI is InChI=1S/C9H13N3O3/c1-5-3-6(4-7(10)11-15)12(2)8(5)9(13)14/h3,15H,4H2,1-2H3,(H2,10,11)(H,13,14). The molecule has 15 heavy (non-hydrogen) atoms. The molecule has 0 aromatic carbocycles. The third-order valence-corrected chi connectivity index (χ3v) is 2.22. The van der Waals surface area contributed by atoms with E-state index in [9.17, 15) is 4.79 Å². The van der Waals surface area contributed by atoms with Crippen LogP contribution in [0.4, 0.5) is 0 Å². The van der Waals surface area contributed by atoms with Gasteiger partial charge in [-0.3, -0.25) is 0 Å². The number of aryl methyl sites for hydroxylation is 1. The van der Waals surface area contributed by atoms with Gasteiger partial charge in [-0.1, -0.05) is 5.16 Å². The molecular weight excluding hydrogens is 198 g/mol. The summed E-state index contributed by atoms with van der Waals surface area (Å²) in [7, 11) is 1.64. The van der Waals surface area contributed by atoms with Crippen molar-refractivity contribution in [2.75, 3.05) is 0 Å². The lowest BCUT2D eigenvalue weighted by Gasteiger charge is -2.03. The van der Waals surface area contributed by atoms with Gasteiger partial charge in [0.15, 0.2) is 0 Å². The third kappa shape index (κ3) is 2.09. The first-order chi connectivity index (χ1) is 6.97. The molecule has 0 radical (unpaired) electrons. The molecule has 0 spiro atoms. The van der Waals surface area contributed by atoms with Crippen molar-refractivity contribution in [1.29, 1.82) is 0 Å². The van der Waals surface area contributed by atoms with E-state index in [1.165, 1.54) is 4.57 Å². The zero-order chi connectivity index (χ0) is 11.6. The van der Waals surface area contributed by atoms with Crippen LogP contribution in [0.25, 0.3) is 0 Å². The van der Waals surface area contributed by atoms with Crippen molar-refractivity contribution < 1.29 is 15.1 Å². The molecule has 0 atom stereocenters. The minimum atomic E-state index is -0.985. The summed E-state index contributed by atoms with van der Waals surface area (Å²) >= 11 is 0. The summed E-state index contributed by atoms with van der Waals surface area (Å²) in [6.07, 6.45) is 0.223. The minimum absolute atomic E-state index is 0.0486. The Hall–Kier alpha value is -1.98. The first-order valence-corrected chi connectivity index (χ1v) is 4.32. The van der Waals surface area contributed by atoms with E-state index in [2.05, 4.69) is 5.16 Å². The number of carboxylic acid groups (broad SMARTS) is 1. The van der Waals surface area contributed by atoms with E-state index in [4.69, 9.17) is 16.0 Å². The smallest absolute Gasteiger partial charge is 0.352 e. The average molecular weight is 211 g/mol. The van der Waals surface area contributed by atoms with Crippen LogP contribution in [-0.4, -0.2) is 26.7 Å². The molecule has 6 heteroatoms. The van der Waals surface area contributed by atoms with E-state index in [1.807, 2.05) is 0 Å². The van der Waals surface area contributed by atoms with Gasteiger partial charge in [-0.25, -0.2) is 4.79 Å². The van der Waals surface area contributed by atoms with Crippen LogP contribution < -0.4 is 5.73 Å². The molecule has 0 unspecified atom stereocenters. The van der Waals surface area contributed by atoms with Gasteiger partial charge >= 0.3 is 5.97 Å². The summed E-state index contributed by atoms with van der Waals surface area (Å²) in [6.45, 7) is 1.71. The second-order valence-corrected chi connectivity index (χ2v) is 3.30. The summed E-state index contributed by atoms with van der Waals surface area (Å²) in [4.78, 5) is 10.9. The molecular formula is C9H13N3O3. The van der Waals surface area contributed by atoms with Crippen LogP contribution in [0.15, 0.2) is 11.2 Å². The Morgan fingerprint density at radius 3 is 2.67 bits per heavy atom. The Balaban J connectivity index is 3.12. The fourth-order valence-electron chi connectivity index (χ4n) is 1.53. The quantitative estimate of drug-likeness (QED) is 0.290. The number of rotatable bonds is 3. The van der Waals surface area contributed by atoms with Crippen LogP contribution in [0.2, 0.25) is 0 Å². The number of aromatic carboxylic acids is 1. The number of nitrogens with zero attached hydrogens (tertiary/aromatic N) is 2. The number of nitrogens with two attached hydrogens (primary N) is 1. The van der Waals surface area contributed by atoms with Crippen LogP contribution in [0, 0.1) is 6.92 Å². The highest BCUT2D eigenvalue weighted by atomic mass is 16.4. The highest BCUT2D eigenvalue weighted by molar-refractivity contribution is 5.88. The molecule has 0 fully saturated rings. The number of oxime groups is 1. The SMILES string of the molecule is Cc1cc(C/C(N)=N/O)n(C)c1C(=O)O. The van der Waals surface area contributed by atoms with E-state index in [0.29, 0.717) is 11.3 Å². The van der Waals surface area contributed by atoms with Crippen LogP contribution in [0.3, 0.4) is 0 Å². The van der Waals surface area contributed by atoms with Gasteiger partial charge in [0.25, 0.3) is 0 Å². The number of hydrogen-bond acceptors (Lipinski definition) is 3. The number of amidine groups is 1. The largest absolute Gasteiger partial charge is 0.477 e. The van der Waals surface area contributed by atoms with Crippen molar-refractivity contribution in [3.8, 4) is 0 Å². The average Bonchev–Trinajstić information content (AvgIpc) is 2.41. The predicted molar refractivity (Wildman–Crippen MR) is 54.2 cm³/mol. The summed E-state index contributed by atoms with van der Waals surface area (Å²) in [5.41, 5.74) is 6.92. The monoisotopic (exact) mass is 211 g/mol. The fourth-order valence-corrected chi connectivity index (χ4v) is 1.53. The molecule has 0 aliphatic heterocycles. The maximum absolute atomic E-state index is 10.9. The Kier molecular flexibility index (Phi) is 2.99. The Labute approximate surface area is 86.6 Å². The van der Waals surface area contributed by atoms with Gasteiger partial charge in [0.1, 0.15) is 11.5 Å². The first-order valence-electron chi connectivity index (χ1n) is 4.32. The second kappa shape index (κ2) is 4.04. The second-order valence-electron chi connectivity index (χ2n) is 3.30. The number of hydrogen-bond donors (Lipinski definition) is 3. The Morgan fingerprint density at radius 1 is 1.67 bits per heavy atom. The van der Waals surface area contributed by atoms with Crippen LogP contribution in [-0.2, 0) is 13.5 Å². The van der Waals surface area contributed by atoms with E-state index >= 15 is 0 Å². The van der Waals surface area contributed by atoms with Gasteiger partial charge in [-0.15, -0.1) is 0 Å². The Morgan fingerprint density at radius 2 is 2.27 bits per heavy atom. The van der Waals surface area contributed by atoms with Crippen molar-refractivity contribution in [2.45, 2.75) is 13.3 Å². The van der Waals surface area contributed by atoms with Gasteiger partial charge in [-0.05, 0) is 18.6 Å². The molecule has 82 valence electrons. The number of carboxylic acids is 1. The molecule has 0 aliphatic carbocycles.